The normalized spacial score (nSPS) is 11.8. The van der Waals surface area contributed by atoms with Crippen LogP contribution < -0.4 is 5.32 Å². The van der Waals surface area contributed by atoms with Crippen molar-refractivity contribution in [2.75, 3.05) is 5.32 Å². The molecule has 220 valence electrons. The molecule has 0 saturated heterocycles. The minimum Gasteiger partial charge on any atom is -0.505 e. The van der Waals surface area contributed by atoms with Crippen molar-refractivity contribution >= 4 is 124 Å². The van der Waals surface area contributed by atoms with Crippen LogP contribution >= 0.6 is 0 Å². The number of rotatable bonds is 8. The Morgan fingerprint density at radius 1 is 0.644 bits per heavy atom. The zero-order valence-electron chi connectivity index (χ0n) is 24.3. The number of aromatic hydroxyl groups is 1. The molecule has 2 radical (unpaired) electrons. The van der Waals surface area contributed by atoms with E-state index in [1.54, 1.807) is 43.3 Å². The number of hydrogen-bond donors (Lipinski definition) is 4. The van der Waals surface area contributed by atoms with Crippen LogP contribution in [0.1, 0.15) is 5.56 Å². The van der Waals surface area contributed by atoms with Crippen molar-refractivity contribution in [1.82, 2.24) is 0 Å². The number of nitrogens with zero attached hydrogens (tertiary/aromatic N) is 4. The maximum atomic E-state index is 12.2. The van der Waals surface area contributed by atoms with Crippen LogP contribution in [0.15, 0.2) is 127 Å². The molecule has 0 aromatic heterocycles. The first-order valence-corrected chi connectivity index (χ1v) is 15.4. The van der Waals surface area contributed by atoms with Gasteiger partial charge in [0.25, 0.3) is 20.2 Å². The van der Waals surface area contributed by atoms with E-state index in [-0.39, 0.29) is 64.0 Å². The molecule has 0 bridgehead atoms. The molecule has 5 aromatic carbocycles. The fourth-order valence-electron chi connectivity index (χ4n) is 4.12. The fourth-order valence-corrected chi connectivity index (χ4v) is 5.26. The van der Waals surface area contributed by atoms with Gasteiger partial charge in [-0.15, -0.1) is 5.11 Å². The molecule has 0 unspecified atom stereocenters. The summed E-state index contributed by atoms with van der Waals surface area (Å²) in [5.41, 5.74) is 2.75. The molecule has 0 aliphatic heterocycles. The molecule has 0 spiro atoms. The van der Waals surface area contributed by atoms with Crippen LogP contribution in [-0.4, -0.2) is 90.2 Å². The van der Waals surface area contributed by atoms with Gasteiger partial charge in [0.1, 0.15) is 10.6 Å². The van der Waals surface area contributed by atoms with Crippen molar-refractivity contribution in [2.24, 2.45) is 20.5 Å². The van der Waals surface area contributed by atoms with Gasteiger partial charge in [0.2, 0.25) is 0 Å². The molecule has 5 rings (SSSR count). The fraction of sp³-hybridized carbons (Fsp3) is 0.0345. The standard InChI is InChI=1S/C29H23N5O7S2.2Na/c1-18-15-23(11-14-26(18)33-31-21-9-12-24(13-10-21)42(36,37)38)32-34-28-27(43(39,40)41)16-19-7-8-22(17-25(19)29(28)35)30-20-5-3-2-4-6-20;;/h2-17,30,35H,1H3,(H,36,37,38)(H,39,40,41);;. The number of phenolic OH excluding ortho intramolecular Hbond substituents is 1. The topological polar surface area (TPSA) is 190 Å². The Hall–Kier alpha value is -3.02. The summed E-state index contributed by atoms with van der Waals surface area (Å²) in [6, 6.07) is 25.4. The van der Waals surface area contributed by atoms with E-state index in [9.17, 15) is 26.5 Å². The molecule has 0 atom stereocenters. The predicted molar refractivity (Wildman–Crippen MR) is 172 cm³/mol. The maximum absolute atomic E-state index is 12.2. The maximum Gasteiger partial charge on any atom is 0.296 e. The van der Waals surface area contributed by atoms with E-state index in [0.29, 0.717) is 39.1 Å². The summed E-state index contributed by atoms with van der Waals surface area (Å²) in [4.78, 5) is -0.872. The SMILES string of the molecule is Cc1cc(N=Nc2c(S(=O)(=O)O)cc3ccc(Nc4ccccc4)cc3c2O)ccc1N=Nc1ccc(S(=O)(=O)O)cc1.[Na].[Na]. The Morgan fingerprint density at radius 3 is 1.91 bits per heavy atom. The Kier molecular flexibility index (Phi) is 12.2. The zero-order valence-corrected chi connectivity index (χ0v) is 30.0. The van der Waals surface area contributed by atoms with Crippen LogP contribution in [0.5, 0.6) is 5.75 Å². The molecular formula is C29H23N5Na2O7S2. The summed E-state index contributed by atoms with van der Waals surface area (Å²) in [6.45, 7) is 1.73. The molecule has 12 nitrogen and oxygen atoms in total. The monoisotopic (exact) mass is 663 g/mol. The van der Waals surface area contributed by atoms with Crippen molar-refractivity contribution < 1.29 is 31.0 Å². The molecule has 16 heteroatoms. The van der Waals surface area contributed by atoms with Crippen LogP contribution in [0.3, 0.4) is 0 Å². The second kappa shape index (κ2) is 15.0. The predicted octanol–water partition coefficient (Wildman–Crippen LogP) is 7.16. The Labute approximate surface area is 303 Å². The van der Waals surface area contributed by atoms with Crippen molar-refractivity contribution in [3.63, 3.8) is 0 Å². The summed E-state index contributed by atoms with van der Waals surface area (Å²) >= 11 is 0. The molecule has 5 aromatic rings. The number of phenols is 1. The summed E-state index contributed by atoms with van der Waals surface area (Å²) < 4.78 is 65.7. The first-order chi connectivity index (χ1) is 20.4. The van der Waals surface area contributed by atoms with E-state index in [0.717, 1.165) is 5.69 Å². The first kappa shape index (κ1) is 36.4. The molecule has 0 heterocycles. The third kappa shape index (κ3) is 9.04. The van der Waals surface area contributed by atoms with E-state index in [1.807, 2.05) is 30.3 Å². The van der Waals surface area contributed by atoms with Crippen molar-refractivity contribution in [3.05, 3.63) is 103 Å². The largest absolute Gasteiger partial charge is 0.505 e. The smallest absolute Gasteiger partial charge is 0.296 e. The summed E-state index contributed by atoms with van der Waals surface area (Å²) in [6.07, 6.45) is 0. The summed E-state index contributed by atoms with van der Waals surface area (Å²) in [7, 11) is -9.09. The second-order valence-electron chi connectivity index (χ2n) is 9.31. The van der Waals surface area contributed by atoms with Gasteiger partial charge in [-0.1, -0.05) is 24.3 Å². The molecular weight excluding hydrogens is 640 g/mol. The van der Waals surface area contributed by atoms with Crippen LogP contribution in [0.4, 0.5) is 34.1 Å². The van der Waals surface area contributed by atoms with Gasteiger partial charge in [0.15, 0.2) is 5.75 Å². The van der Waals surface area contributed by atoms with Gasteiger partial charge < -0.3 is 10.4 Å². The number of aryl methyl sites for hydroxylation is 1. The first-order valence-electron chi connectivity index (χ1n) is 12.5. The van der Waals surface area contributed by atoms with Crippen molar-refractivity contribution in [1.29, 1.82) is 0 Å². The van der Waals surface area contributed by atoms with Crippen LogP contribution in [0, 0.1) is 6.92 Å². The van der Waals surface area contributed by atoms with Gasteiger partial charge in [-0.25, -0.2) is 0 Å². The minimum absolute atomic E-state index is 0. The number of fused-ring (bicyclic) bond motifs is 1. The van der Waals surface area contributed by atoms with Gasteiger partial charge in [-0.3, -0.25) is 9.11 Å². The third-order valence-corrected chi connectivity index (χ3v) is 7.98. The summed E-state index contributed by atoms with van der Waals surface area (Å²) in [5, 5.41) is 31.2. The van der Waals surface area contributed by atoms with Gasteiger partial charge in [-0.2, -0.15) is 32.2 Å². The van der Waals surface area contributed by atoms with Gasteiger partial charge in [0, 0.05) is 75.9 Å². The van der Waals surface area contributed by atoms with E-state index in [4.69, 9.17) is 4.55 Å². The Morgan fingerprint density at radius 2 is 1.29 bits per heavy atom. The van der Waals surface area contributed by atoms with Crippen molar-refractivity contribution in [2.45, 2.75) is 16.7 Å². The molecule has 0 amide bonds. The number of hydrogen-bond acceptors (Lipinski definition) is 10. The minimum atomic E-state index is -4.77. The molecule has 45 heavy (non-hydrogen) atoms. The van der Waals surface area contributed by atoms with E-state index >= 15 is 0 Å². The third-order valence-electron chi connectivity index (χ3n) is 6.25. The van der Waals surface area contributed by atoms with E-state index in [2.05, 4.69) is 25.8 Å². The van der Waals surface area contributed by atoms with Crippen LogP contribution in [0.25, 0.3) is 10.8 Å². The van der Waals surface area contributed by atoms with E-state index < -0.39 is 36.6 Å². The van der Waals surface area contributed by atoms with Crippen molar-refractivity contribution in [3.8, 4) is 5.75 Å². The van der Waals surface area contributed by atoms with E-state index in [1.165, 1.54) is 30.3 Å². The van der Waals surface area contributed by atoms with Gasteiger partial charge in [0.05, 0.1) is 22.0 Å². The molecule has 0 aliphatic rings. The van der Waals surface area contributed by atoms with Gasteiger partial charge in [-0.05, 0) is 90.7 Å². The molecule has 0 aliphatic carbocycles. The molecule has 4 N–H and O–H groups in total. The molecule has 0 saturated carbocycles. The molecule has 0 fully saturated rings. The Balaban J connectivity index is 0.00000276. The number of azo groups is 2. The number of para-hydroxylation sites is 1. The average molecular weight is 664 g/mol. The Bertz CT molecular complexity index is 2130. The number of anilines is 2. The number of nitrogens with one attached hydrogen (secondary N) is 1. The number of benzene rings is 5. The van der Waals surface area contributed by atoms with Crippen LogP contribution in [-0.2, 0) is 20.2 Å². The quantitative estimate of drug-likeness (QED) is 0.0763. The van der Waals surface area contributed by atoms with Gasteiger partial charge >= 0.3 is 0 Å². The second-order valence-corrected chi connectivity index (χ2v) is 12.1. The average Bonchev–Trinajstić information content (AvgIpc) is 2.96. The van der Waals surface area contributed by atoms with Crippen LogP contribution in [0.2, 0.25) is 0 Å². The summed E-state index contributed by atoms with van der Waals surface area (Å²) in [5.74, 6) is -0.479. The zero-order chi connectivity index (χ0) is 30.8.